The van der Waals surface area contributed by atoms with E-state index in [-0.39, 0.29) is 18.7 Å². The van der Waals surface area contributed by atoms with Gasteiger partial charge in [-0.15, -0.1) is 0 Å². The van der Waals surface area contributed by atoms with Gasteiger partial charge in [-0.2, -0.15) is 5.10 Å². The zero-order valence-corrected chi connectivity index (χ0v) is 17.7. The Kier molecular flexibility index (Phi) is 6.53. The summed E-state index contributed by atoms with van der Waals surface area (Å²) in [6.07, 6.45) is 0.0969. The van der Waals surface area contributed by atoms with Gasteiger partial charge in [0, 0.05) is 22.9 Å². The maximum atomic E-state index is 12.8. The van der Waals surface area contributed by atoms with Gasteiger partial charge in [0.25, 0.3) is 0 Å². The van der Waals surface area contributed by atoms with E-state index in [0.717, 1.165) is 21.3 Å². The minimum absolute atomic E-state index is 0.130. The summed E-state index contributed by atoms with van der Waals surface area (Å²) in [5, 5.41) is 14.9. The van der Waals surface area contributed by atoms with Crippen molar-refractivity contribution >= 4 is 33.5 Å². The molecule has 29 heavy (non-hydrogen) atoms. The van der Waals surface area contributed by atoms with Crippen molar-refractivity contribution in [3.63, 3.8) is 0 Å². The van der Waals surface area contributed by atoms with Crippen molar-refractivity contribution in [1.29, 1.82) is 0 Å². The summed E-state index contributed by atoms with van der Waals surface area (Å²) in [5.74, 6) is -0.289. The summed E-state index contributed by atoms with van der Waals surface area (Å²) in [6, 6.07) is 12.7. The molecule has 0 aliphatic carbocycles. The highest BCUT2D eigenvalue weighted by molar-refractivity contribution is 9.10. The molecule has 1 aliphatic rings. The standard InChI is InChI=1S/C21H21BrN2O5/c1-28-18-5-3-4-15(21(18)29-2)17-12-16(13-6-8-14(22)9-7-13)23-24(17)19(25)10-11-20(26)27/h3-9,17H,10-12H2,1-2H3,(H,26,27)/t17-/m0/s1. The van der Waals surface area contributed by atoms with Crippen molar-refractivity contribution in [3.8, 4) is 11.5 Å². The summed E-state index contributed by atoms with van der Waals surface area (Å²) in [6.45, 7) is 0. The number of rotatable bonds is 7. The molecule has 1 N–H and O–H groups in total. The number of carboxylic acid groups (broad SMARTS) is 1. The van der Waals surface area contributed by atoms with Crippen molar-refractivity contribution in [2.75, 3.05) is 14.2 Å². The lowest BCUT2D eigenvalue weighted by molar-refractivity contribution is -0.141. The third-order valence-electron chi connectivity index (χ3n) is 4.69. The van der Waals surface area contributed by atoms with E-state index in [1.807, 2.05) is 36.4 Å². The van der Waals surface area contributed by atoms with Gasteiger partial charge in [0.2, 0.25) is 5.91 Å². The van der Waals surface area contributed by atoms with Gasteiger partial charge < -0.3 is 14.6 Å². The number of ether oxygens (including phenoxy) is 2. The molecule has 0 fully saturated rings. The average molecular weight is 461 g/mol. The van der Waals surface area contributed by atoms with Crippen LogP contribution in [0.2, 0.25) is 0 Å². The van der Waals surface area contributed by atoms with Crippen LogP contribution in [0.4, 0.5) is 0 Å². The number of carbonyl (C=O) groups is 2. The smallest absolute Gasteiger partial charge is 0.303 e. The fraction of sp³-hybridized carbons (Fsp3) is 0.286. The van der Waals surface area contributed by atoms with E-state index in [4.69, 9.17) is 14.6 Å². The molecule has 0 saturated heterocycles. The molecule has 2 aromatic carbocycles. The molecule has 152 valence electrons. The number of benzene rings is 2. The number of carbonyl (C=O) groups excluding carboxylic acids is 1. The van der Waals surface area contributed by atoms with Crippen LogP contribution < -0.4 is 9.47 Å². The Bertz CT molecular complexity index is 943. The largest absolute Gasteiger partial charge is 0.493 e. The number of nitrogens with zero attached hydrogens (tertiary/aromatic N) is 2. The van der Waals surface area contributed by atoms with Crippen LogP contribution in [0.5, 0.6) is 11.5 Å². The Labute approximate surface area is 177 Å². The van der Waals surface area contributed by atoms with E-state index < -0.39 is 12.0 Å². The summed E-state index contributed by atoms with van der Waals surface area (Å²) >= 11 is 3.42. The number of hydrogen-bond acceptors (Lipinski definition) is 5. The number of halogens is 1. The third kappa shape index (κ3) is 4.59. The number of para-hydroxylation sites is 1. The number of amides is 1. The van der Waals surface area contributed by atoms with Crippen LogP contribution in [0.15, 0.2) is 52.0 Å². The molecule has 1 heterocycles. The molecule has 0 saturated carbocycles. The second-order valence-corrected chi connectivity index (χ2v) is 7.40. The van der Waals surface area contributed by atoms with Gasteiger partial charge in [0.15, 0.2) is 11.5 Å². The fourth-order valence-electron chi connectivity index (χ4n) is 3.30. The van der Waals surface area contributed by atoms with Crippen molar-refractivity contribution < 1.29 is 24.2 Å². The minimum Gasteiger partial charge on any atom is -0.493 e. The van der Waals surface area contributed by atoms with E-state index in [1.165, 1.54) is 5.01 Å². The van der Waals surface area contributed by atoms with E-state index >= 15 is 0 Å². The lowest BCUT2D eigenvalue weighted by Crippen LogP contribution is -2.27. The first-order valence-electron chi connectivity index (χ1n) is 9.02. The van der Waals surface area contributed by atoms with Crippen LogP contribution in [-0.2, 0) is 9.59 Å². The minimum atomic E-state index is -1.02. The van der Waals surface area contributed by atoms with E-state index in [0.29, 0.717) is 17.9 Å². The van der Waals surface area contributed by atoms with E-state index in [2.05, 4.69) is 21.0 Å². The highest BCUT2D eigenvalue weighted by Gasteiger charge is 2.35. The van der Waals surface area contributed by atoms with Gasteiger partial charge in [0.05, 0.1) is 32.4 Å². The van der Waals surface area contributed by atoms with Crippen molar-refractivity contribution in [1.82, 2.24) is 5.01 Å². The molecule has 1 aliphatic heterocycles. The lowest BCUT2D eigenvalue weighted by atomic mass is 9.97. The molecule has 8 heteroatoms. The van der Waals surface area contributed by atoms with Crippen LogP contribution in [0.1, 0.15) is 36.4 Å². The highest BCUT2D eigenvalue weighted by Crippen LogP contribution is 2.42. The third-order valence-corrected chi connectivity index (χ3v) is 5.22. The highest BCUT2D eigenvalue weighted by atomic mass is 79.9. The van der Waals surface area contributed by atoms with Gasteiger partial charge in [-0.25, -0.2) is 5.01 Å². The molecule has 0 spiro atoms. The van der Waals surface area contributed by atoms with Gasteiger partial charge in [-0.3, -0.25) is 9.59 Å². The Morgan fingerprint density at radius 3 is 2.48 bits per heavy atom. The summed E-state index contributed by atoms with van der Waals surface area (Å²) in [5.41, 5.74) is 2.40. The van der Waals surface area contributed by atoms with Gasteiger partial charge in [-0.05, 0) is 23.8 Å². The summed E-state index contributed by atoms with van der Waals surface area (Å²) < 4.78 is 11.9. The summed E-state index contributed by atoms with van der Waals surface area (Å²) in [4.78, 5) is 23.7. The zero-order valence-electron chi connectivity index (χ0n) is 16.1. The lowest BCUT2D eigenvalue weighted by Gasteiger charge is -2.24. The first-order chi connectivity index (χ1) is 13.9. The fourth-order valence-corrected chi connectivity index (χ4v) is 3.57. The normalized spacial score (nSPS) is 15.8. The number of hydrogen-bond donors (Lipinski definition) is 1. The molecule has 1 atom stereocenters. The molecular weight excluding hydrogens is 440 g/mol. The van der Waals surface area contributed by atoms with Gasteiger partial charge in [0.1, 0.15) is 0 Å². The van der Waals surface area contributed by atoms with Crippen LogP contribution >= 0.6 is 15.9 Å². The zero-order chi connectivity index (χ0) is 21.0. The number of methoxy groups -OCH3 is 2. The molecule has 3 rings (SSSR count). The predicted octanol–water partition coefficient (Wildman–Crippen LogP) is 4.01. The second-order valence-electron chi connectivity index (χ2n) is 6.49. The average Bonchev–Trinajstić information content (AvgIpc) is 3.17. The number of aliphatic carboxylic acids is 1. The molecule has 0 bridgehead atoms. The Morgan fingerprint density at radius 1 is 1.14 bits per heavy atom. The monoisotopic (exact) mass is 460 g/mol. The predicted molar refractivity (Wildman–Crippen MR) is 111 cm³/mol. The molecule has 1 amide bonds. The Hall–Kier alpha value is -2.87. The first-order valence-corrected chi connectivity index (χ1v) is 9.82. The molecular formula is C21H21BrN2O5. The molecule has 0 aromatic heterocycles. The Morgan fingerprint density at radius 2 is 1.86 bits per heavy atom. The quantitative estimate of drug-likeness (QED) is 0.673. The molecule has 2 aromatic rings. The van der Waals surface area contributed by atoms with Gasteiger partial charge >= 0.3 is 5.97 Å². The van der Waals surface area contributed by atoms with Crippen LogP contribution in [0.25, 0.3) is 0 Å². The number of hydrazone groups is 1. The van der Waals surface area contributed by atoms with Crippen molar-refractivity contribution in [3.05, 3.63) is 58.1 Å². The van der Waals surface area contributed by atoms with Crippen molar-refractivity contribution in [2.45, 2.75) is 25.3 Å². The second kappa shape index (κ2) is 9.09. The summed E-state index contributed by atoms with van der Waals surface area (Å²) in [7, 11) is 3.10. The van der Waals surface area contributed by atoms with Crippen LogP contribution in [0, 0.1) is 0 Å². The number of carboxylic acids is 1. The van der Waals surface area contributed by atoms with Crippen LogP contribution in [0.3, 0.4) is 0 Å². The molecule has 0 unspecified atom stereocenters. The molecule has 0 radical (unpaired) electrons. The van der Waals surface area contributed by atoms with Gasteiger partial charge in [-0.1, -0.05) is 40.2 Å². The maximum Gasteiger partial charge on any atom is 0.303 e. The van der Waals surface area contributed by atoms with E-state index in [1.54, 1.807) is 20.3 Å². The topological polar surface area (TPSA) is 88.4 Å². The van der Waals surface area contributed by atoms with Crippen molar-refractivity contribution in [2.24, 2.45) is 5.10 Å². The maximum absolute atomic E-state index is 12.8. The Balaban J connectivity index is 1.99. The SMILES string of the molecule is COc1cccc([C@@H]2CC(c3ccc(Br)cc3)=NN2C(=O)CCC(=O)O)c1OC. The van der Waals surface area contributed by atoms with Crippen LogP contribution in [-0.4, -0.2) is 41.9 Å². The molecule has 7 nitrogen and oxygen atoms in total. The van der Waals surface area contributed by atoms with E-state index in [9.17, 15) is 9.59 Å². The first kappa shape index (κ1) is 20.9.